The van der Waals surface area contributed by atoms with Crippen LogP contribution in [-0.4, -0.2) is 47.0 Å². The summed E-state index contributed by atoms with van der Waals surface area (Å²) in [6, 6.07) is 0. The SMILES string of the molecule is COCCn1cc(B2OC(C)(C)C(C)(C)O2)nn1. The molecule has 18 heavy (non-hydrogen) atoms. The summed E-state index contributed by atoms with van der Waals surface area (Å²) in [6.45, 7) is 9.34. The van der Waals surface area contributed by atoms with Crippen LogP contribution in [0.15, 0.2) is 6.20 Å². The van der Waals surface area contributed by atoms with Crippen LogP contribution in [0.2, 0.25) is 0 Å². The van der Waals surface area contributed by atoms with Crippen LogP contribution in [0.3, 0.4) is 0 Å². The van der Waals surface area contributed by atoms with Crippen LogP contribution in [0, 0.1) is 0 Å². The van der Waals surface area contributed by atoms with Crippen molar-refractivity contribution in [2.24, 2.45) is 0 Å². The summed E-state index contributed by atoms with van der Waals surface area (Å²) in [4.78, 5) is 0. The normalized spacial score (nSPS) is 21.5. The Hall–Kier alpha value is -0.915. The summed E-state index contributed by atoms with van der Waals surface area (Å²) in [7, 11) is 1.21. The summed E-state index contributed by atoms with van der Waals surface area (Å²) >= 11 is 0. The quantitative estimate of drug-likeness (QED) is 0.718. The molecule has 0 aliphatic carbocycles. The number of nitrogens with zero attached hydrogens (tertiary/aromatic N) is 3. The number of hydrogen-bond donors (Lipinski definition) is 0. The van der Waals surface area contributed by atoms with Crippen molar-refractivity contribution in [3.63, 3.8) is 0 Å². The molecule has 0 N–H and O–H groups in total. The second-order valence-corrected chi connectivity index (χ2v) is 5.49. The number of ether oxygens (including phenoxy) is 1. The van der Waals surface area contributed by atoms with E-state index in [9.17, 15) is 0 Å². The summed E-state index contributed by atoms with van der Waals surface area (Å²) in [6.07, 6.45) is 1.83. The minimum absolute atomic E-state index is 0.353. The van der Waals surface area contributed by atoms with Gasteiger partial charge in [0.2, 0.25) is 0 Å². The third-order valence-corrected chi connectivity index (χ3v) is 3.58. The first kappa shape index (κ1) is 13.5. The van der Waals surface area contributed by atoms with Gasteiger partial charge in [0.15, 0.2) is 0 Å². The zero-order valence-corrected chi connectivity index (χ0v) is 11.6. The van der Waals surface area contributed by atoms with Gasteiger partial charge >= 0.3 is 7.12 Å². The van der Waals surface area contributed by atoms with Crippen LogP contribution < -0.4 is 5.59 Å². The minimum Gasteiger partial charge on any atom is -0.398 e. The molecule has 7 heteroatoms. The summed E-state index contributed by atoms with van der Waals surface area (Å²) < 4.78 is 18.5. The maximum atomic E-state index is 5.90. The Morgan fingerprint density at radius 3 is 2.44 bits per heavy atom. The second kappa shape index (κ2) is 4.64. The molecule has 6 nitrogen and oxygen atoms in total. The smallest absolute Gasteiger partial charge is 0.398 e. The lowest BCUT2D eigenvalue weighted by Gasteiger charge is -2.32. The topological polar surface area (TPSA) is 58.4 Å². The highest BCUT2D eigenvalue weighted by atomic mass is 16.7. The van der Waals surface area contributed by atoms with Gasteiger partial charge in [0, 0.05) is 13.3 Å². The Morgan fingerprint density at radius 2 is 1.89 bits per heavy atom. The summed E-state index contributed by atoms with van der Waals surface area (Å²) in [5, 5.41) is 8.11. The van der Waals surface area contributed by atoms with Gasteiger partial charge in [-0.15, -0.1) is 5.10 Å². The third kappa shape index (κ3) is 2.43. The fourth-order valence-corrected chi connectivity index (χ4v) is 1.68. The third-order valence-electron chi connectivity index (χ3n) is 3.58. The first-order valence-corrected chi connectivity index (χ1v) is 6.10. The largest absolute Gasteiger partial charge is 0.518 e. The highest BCUT2D eigenvalue weighted by Gasteiger charge is 2.52. The molecule has 0 spiro atoms. The molecule has 1 fully saturated rings. The zero-order chi connectivity index (χ0) is 13.4. The highest BCUT2D eigenvalue weighted by Crippen LogP contribution is 2.36. The van der Waals surface area contributed by atoms with E-state index in [1.807, 2.05) is 33.9 Å². The van der Waals surface area contributed by atoms with Crippen molar-refractivity contribution < 1.29 is 14.0 Å². The van der Waals surface area contributed by atoms with Crippen molar-refractivity contribution in [2.45, 2.75) is 45.4 Å². The average Bonchev–Trinajstić information content (AvgIpc) is 2.80. The molecule has 1 aliphatic heterocycles. The van der Waals surface area contributed by atoms with Gasteiger partial charge in [0.05, 0.1) is 24.4 Å². The molecule has 1 aromatic heterocycles. The maximum Gasteiger partial charge on any atom is 0.518 e. The zero-order valence-electron chi connectivity index (χ0n) is 11.6. The lowest BCUT2D eigenvalue weighted by atomic mass is 9.86. The fraction of sp³-hybridized carbons (Fsp3) is 0.818. The van der Waals surface area contributed by atoms with Crippen LogP contribution in [0.1, 0.15) is 27.7 Å². The van der Waals surface area contributed by atoms with E-state index < -0.39 is 7.12 Å². The molecular formula is C11H20BN3O3. The van der Waals surface area contributed by atoms with Crippen molar-refractivity contribution >= 4 is 12.7 Å². The molecule has 2 heterocycles. The van der Waals surface area contributed by atoms with Gasteiger partial charge in [-0.25, -0.2) is 0 Å². The van der Waals surface area contributed by atoms with E-state index in [1.54, 1.807) is 11.8 Å². The van der Waals surface area contributed by atoms with Crippen LogP contribution in [0.4, 0.5) is 0 Å². The van der Waals surface area contributed by atoms with Gasteiger partial charge in [-0.3, -0.25) is 4.68 Å². The second-order valence-electron chi connectivity index (χ2n) is 5.49. The van der Waals surface area contributed by atoms with Crippen molar-refractivity contribution in [1.29, 1.82) is 0 Å². The van der Waals surface area contributed by atoms with Crippen molar-refractivity contribution in [3.05, 3.63) is 6.20 Å². The molecule has 2 rings (SSSR count). The molecule has 0 atom stereocenters. The monoisotopic (exact) mass is 253 g/mol. The van der Waals surface area contributed by atoms with Gasteiger partial charge in [0.25, 0.3) is 0 Å². The molecule has 1 aromatic rings. The van der Waals surface area contributed by atoms with Crippen molar-refractivity contribution in [3.8, 4) is 0 Å². The van der Waals surface area contributed by atoms with Crippen LogP contribution in [0.5, 0.6) is 0 Å². The van der Waals surface area contributed by atoms with E-state index in [2.05, 4.69) is 10.3 Å². The number of hydrogen-bond acceptors (Lipinski definition) is 5. The van der Waals surface area contributed by atoms with Crippen LogP contribution >= 0.6 is 0 Å². The number of aromatic nitrogens is 3. The van der Waals surface area contributed by atoms with E-state index >= 15 is 0 Å². The maximum absolute atomic E-state index is 5.90. The minimum atomic E-state index is -0.453. The van der Waals surface area contributed by atoms with Gasteiger partial charge in [0.1, 0.15) is 5.59 Å². The van der Waals surface area contributed by atoms with Gasteiger partial charge < -0.3 is 14.0 Å². The van der Waals surface area contributed by atoms with E-state index in [-0.39, 0.29) is 11.2 Å². The van der Waals surface area contributed by atoms with Crippen LogP contribution in [-0.2, 0) is 20.6 Å². The van der Waals surface area contributed by atoms with Crippen molar-refractivity contribution in [1.82, 2.24) is 15.0 Å². The molecular weight excluding hydrogens is 233 g/mol. The van der Waals surface area contributed by atoms with E-state index in [4.69, 9.17) is 14.0 Å². The molecule has 0 amide bonds. The van der Waals surface area contributed by atoms with E-state index in [0.29, 0.717) is 18.7 Å². The summed E-state index contributed by atoms with van der Waals surface area (Å²) in [5.41, 5.74) is -0.00755. The molecule has 1 aliphatic rings. The first-order valence-electron chi connectivity index (χ1n) is 6.10. The molecule has 0 bridgehead atoms. The Morgan fingerprint density at radius 1 is 1.28 bits per heavy atom. The highest BCUT2D eigenvalue weighted by molar-refractivity contribution is 6.61. The molecule has 0 unspecified atom stereocenters. The molecule has 0 saturated carbocycles. The molecule has 0 aromatic carbocycles. The Bertz CT molecular complexity index is 403. The predicted molar refractivity (Wildman–Crippen MR) is 67.6 cm³/mol. The predicted octanol–water partition coefficient (Wildman–Crippen LogP) is 0.224. The van der Waals surface area contributed by atoms with Crippen LogP contribution in [0.25, 0.3) is 0 Å². The molecule has 100 valence electrons. The fourth-order valence-electron chi connectivity index (χ4n) is 1.68. The Labute approximate surface area is 108 Å². The average molecular weight is 253 g/mol. The van der Waals surface area contributed by atoms with Gasteiger partial charge in [-0.1, -0.05) is 5.21 Å². The molecule has 1 saturated heterocycles. The first-order chi connectivity index (χ1) is 8.36. The van der Waals surface area contributed by atoms with Gasteiger partial charge in [-0.05, 0) is 27.7 Å². The van der Waals surface area contributed by atoms with Crippen molar-refractivity contribution in [2.75, 3.05) is 13.7 Å². The lowest BCUT2D eigenvalue weighted by Crippen LogP contribution is -2.41. The number of methoxy groups -OCH3 is 1. The standard InChI is InChI=1S/C11H20BN3O3/c1-10(2)11(3,4)18-12(17-10)9-8-15(14-13-9)6-7-16-5/h8H,6-7H2,1-5H3. The Balaban J connectivity index is 2.07. The molecule has 0 radical (unpaired) electrons. The van der Waals surface area contributed by atoms with Gasteiger partial charge in [-0.2, -0.15) is 0 Å². The Kier molecular flexibility index (Phi) is 3.48. The summed E-state index contributed by atoms with van der Waals surface area (Å²) in [5.74, 6) is 0. The lowest BCUT2D eigenvalue weighted by molar-refractivity contribution is 0.00578. The van der Waals surface area contributed by atoms with E-state index in [1.165, 1.54) is 0 Å². The van der Waals surface area contributed by atoms with E-state index in [0.717, 1.165) is 0 Å². The number of rotatable bonds is 4.